The number of nitrogens with one attached hydrogen (secondary N) is 1. The molecule has 0 saturated heterocycles. The fourth-order valence-corrected chi connectivity index (χ4v) is 3.18. The molecule has 0 aliphatic carbocycles. The molecule has 25 heavy (non-hydrogen) atoms. The highest BCUT2D eigenvalue weighted by molar-refractivity contribution is 6.33. The second-order valence-electron chi connectivity index (χ2n) is 6.14. The maximum Gasteiger partial charge on any atom is 0.253 e. The van der Waals surface area contributed by atoms with Crippen LogP contribution >= 0.6 is 11.6 Å². The molecule has 0 aliphatic heterocycles. The van der Waals surface area contributed by atoms with Gasteiger partial charge in [-0.15, -0.1) is 0 Å². The number of para-hydroxylation sites is 2. The van der Waals surface area contributed by atoms with Crippen molar-refractivity contribution in [3.05, 3.63) is 64.9 Å². The zero-order valence-corrected chi connectivity index (χ0v) is 15.3. The van der Waals surface area contributed by atoms with Gasteiger partial charge in [0.2, 0.25) is 0 Å². The first-order chi connectivity index (χ1) is 12.1. The van der Waals surface area contributed by atoms with Crippen molar-refractivity contribution in [1.29, 1.82) is 0 Å². The lowest BCUT2D eigenvalue weighted by Gasteiger charge is -2.16. The quantitative estimate of drug-likeness (QED) is 0.677. The molecule has 1 aromatic heterocycles. The molecule has 0 bridgehead atoms. The molecule has 5 heteroatoms. The summed E-state index contributed by atoms with van der Waals surface area (Å²) in [6.45, 7) is 5.01. The van der Waals surface area contributed by atoms with Gasteiger partial charge in [-0.1, -0.05) is 49.2 Å². The Morgan fingerprint density at radius 2 is 1.92 bits per heavy atom. The van der Waals surface area contributed by atoms with Gasteiger partial charge in [0.05, 0.1) is 27.7 Å². The first-order valence-corrected chi connectivity index (χ1v) is 9.00. The van der Waals surface area contributed by atoms with E-state index in [-0.39, 0.29) is 11.9 Å². The number of benzene rings is 2. The van der Waals surface area contributed by atoms with Crippen molar-refractivity contribution in [2.45, 2.75) is 39.3 Å². The van der Waals surface area contributed by atoms with E-state index in [9.17, 15) is 4.79 Å². The Labute approximate surface area is 152 Å². The number of imidazole rings is 1. The Hall–Kier alpha value is -2.33. The van der Waals surface area contributed by atoms with Gasteiger partial charge in [-0.05, 0) is 37.6 Å². The average Bonchev–Trinajstić information content (AvgIpc) is 2.99. The van der Waals surface area contributed by atoms with E-state index in [1.807, 2.05) is 37.3 Å². The second-order valence-corrected chi connectivity index (χ2v) is 6.55. The third-order valence-corrected chi connectivity index (χ3v) is 4.60. The van der Waals surface area contributed by atoms with E-state index < -0.39 is 0 Å². The first kappa shape index (κ1) is 17.5. The van der Waals surface area contributed by atoms with Crippen LogP contribution in [0.4, 0.5) is 0 Å². The van der Waals surface area contributed by atoms with E-state index in [2.05, 4.69) is 22.9 Å². The van der Waals surface area contributed by atoms with Gasteiger partial charge >= 0.3 is 0 Å². The number of amides is 1. The van der Waals surface area contributed by atoms with Crippen LogP contribution in [-0.2, 0) is 6.54 Å². The number of halogens is 1. The Kier molecular flexibility index (Phi) is 5.39. The fraction of sp³-hybridized carbons (Fsp3) is 0.300. The molecule has 3 rings (SSSR count). The second kappa shape index (κ2) is 7.70. The molecule has 1 unspecified atom stereocenters. The number of nitrogens with zero attached hydrogens (tertiary/aromatic N) is 2. The normalized spacial score (nSPS) is 12.3. The van der Waals surface area contributed by atoms with Crippen LogP contribution in [0, 0.1) is 0 Å². The smallest absolute Gasteiger partial charge is 0.253 e. The minimum atomic E-state index is -0.215. The number of unbranched alkanes of at least 4 members (excludes halogenated alkanes) is 1. The van der Waals surface area contributed by atoms with Gasteiger partial charge in [0, 0.05) is 6.54 Å². The number of hydrogen-bond donors (Lipinski definition) is 1. The molecule has 3 aromatic rings. The van der Waals surface area contributed by atoms with E-state index in [1.54, 1.807) is 12.1 Å². The van der Waals surface area contributed by atoms with Crippen LogP contribution in [0.15, 0.2) is 48.5 Å². The summed E-state index contributed by atoms with van der Waals surface area (Å²) in [7, 11) is 0. The third-order valence-electron chi connectivity index (χ3n) is 4.27. The molecule has 0 radical (unpaired) electrons. The Balaban J connectivity index is 1.90. The molecule has 0 spiro atoms. The summed E-state index contributed by atoms with van der Waals surface area (Å²) in [5.41, 5.74) is 2.53. The number of carbonyl (C=O) groups excluding carboxylic acids is 1. The monoisotopic (exact) mass is 355 g/mol. The van der Waals surface area contributed by atoms with Crippen LogP contribution in [0.3, 0.4) is 0 Å². The minimum absolute atomic E-state index is 0.188. The highest BCUT2D eigenvalue weighted by Gasteiger charge is 2.19. The Morgan fingerprint density at radius 1 is 1.20 bits per heavy atom. The number of carbonyl (C=O) groups is 1. The van der Waals surface area contributed by atoms with Gasteiger partial charge in [-0.25, -0.2) is 4.98 Å². The van der Waals surface area contributed by atoms with Gasteiger partial charge in [0.25, 0.3) is 5.91 Å². The minimum Gasteiger partial charge on any atom is -0.342 e. The van der Waals surface area contributed by atoms with E-state index >= 15 is 0 Å². The first-order valence-electron chi connectivity index (χ1n) is 8.62. The number of aryl methyl sites for hydroxylation is 1. The van der Waals surface area contributed by atoms with Gasteiger partial charge in [0.1, 0.15) is 5.82 Å². The van der Waals surface area contributed by atoms with Crippen LogP contribution in [0.25, 0.3) is 11.0 Å². The topological polar surface area (TPSA) is 46.9 Å². The summed E-state index contributed by atoms with van der Waals surface area (Å²) in [5.74, 6) is 0.683. The predicted octanol–water partition coefficient (Wildman–Crippen LogP) is 4.98. The molecule has 2 aromatic carbocycles. The largest absolute Gasteiger partial charge is 0.342 e. The summed E-state index contributed by atoms with van der Waals surface area (Å²) < 4.78 is 2.20. The summed E-state index contributed by atoms with van der Waals surface area (Å²) in [6.07, 6.45) is 2.17. The van der Waals surface area contributed by atoms with Crippen LogP contribution < -0.4 is 5.32 Å². The molecule has 1 heterocycles. The molecule has 130 valence electrons. The standard InChI is InChI=1S/C20H22ClN3O/c1-3-4-13-24-18-12-8-7-11-17(18)23-19(24)14(2)22-20(25)15-9-5-6-10-16(15)21/h5-12,14H,3-4,13H2,1-2H3,(H,22,25). The van der Waals surface area contributed by atoms with Gasteiger partial charge in [0.15, 0.2) is 0 Å². The maximum atomic E-state index is 12.6. The molecule has 0 aliphatic rings. The zero-order chi connectivity index (χ0) is 17.8. The molecular formula is C20H22ClN3O. The van der Waals surface area contributed by atoms with Crippen LogP contribution in [0.2, 0.25) is 5.02 Å². The molecule has 1 amide bonds. The van der Waals surface area contributed by atoms with Crippen molar-refractivity contribution < 1.29 is 4.79 Å². The lowest BCUT2D eigenvalue weighted by atomic mass is 10.2. The number of aromatic nitrogens is 2. The highest BCUT2D eigenvalue weighted by Crippen LogP contribution is 2.22. The predicted molar refractivity (Wildman–Crippen MR) is 102 cm³/mol. The van der Waals surface area contributed by atoms with E-state index in [0.29, 0.717) is 10.6 Å². The zero-order valence-electron chi connectivity index (χ0n) is 14.5. The fourth-order valence-electron chi connectivity index (χ4n) is 2.96. The van der Waals surface area contributed by atoms with E-state index in [0.717, 1.165) is 36.2 Å². The Bertz CT molecular complexity index is 888. The molecule has 1 atom stereocenters. The van der Waals surface area contributed by atoms with Crippen molar-refractivity contribution in [2.24, 2.45) is 0 Å². The van der Waals surface area contributed by atoms with Crippen molar-refractivity contribution in [2.75, 3.05) is 0 Å². The number of hydrogen-bond acceptors (Lipinski definition) is 2. The SMILES string of the molecule is CCCCn1c(C(C)NC(=O)c2ccccc2Cl)nc2ccccc21. The van der Waals surface area contributed by atoms with Gasteiger partial charge < -0.3 is 9.88 Å². The molecule has 4 nitrogen and oxygen atoms in total. The molecule has 0 fully saturated rings. The van der Waals surface area contributed by atoms with Gasteiger partial charge in [-0.2, -0.15) is 0 Å². The molecule has 1 N–H and O–H groups in total. The highest BCUT2D eigenvalue weighted by atomic mass is 35.5. The number of rotatable bonds is 6. The maximum absolute atomic E-state index is 12.6. The van der Waals surface area contributed by atoms with Crippen molar-refractivity contribution in [3.8, 4) is 0 Å². The van der Waals surface area contributed by atoms with Crippen LogP contribution in [0.1, 0.15) is 48.9 Å². The summed E-state index contributed by atoms with van der Waals surface area (Å²) in [5, 5.41) is 3.48. The Morgan fingerprint density at radius 3 is 2.68 bits per heavy atom. The van der Waals surface area contributed by atoms with Crippen LogP contribution in [0.5, 0.6) is 0 Å². The molecule has 0 saturated carbocycles. The van der Waals surface area contributed by atoms with E-state index in [4.69, 9.17) is 16.6 Å². The summed E-state index contributed by atoms with van der Waals surface area (Å²) in [4.78, 5) is 17.3. The van der Waals surface area contributed by atoms with E-state index in [1.165, 1.54) is 0 Å². The van der Waals surface area contributed by atoms with Crippen molar-refractivity contribution >= 4 is 28.5 Å². The average molecular weight is 356 g/mol. The van der Waals surface area contributed by atoms with Crippen molar-refractivity contribution in [3.63, 3.8) is 0 Å². The third kappa shape index (κ3) is 3.69. The lowest BCUT2D eigenvalue weighted by molar-refractivity contribution is 0.0938. The summed E-state index contributed by atoms with van der Waals surface area (Å²) in [6, 6.07) is 14.9. The molecular weight excluding hydrogens is 334 g/mol. The lowest BCUT2D eigenvalue weighted by Crippen LogP contribution is -2.29. The summed E-state index contributed by atoms with van der Waals surface area (Å²) >= 11 is 6.13. The number of fused-ring (bicyclic) bond motifs is 1. The van der Waals surface area contributed by atoms with Crippen molar-refractivity contribution in [1.82, 2.24) is 14.9 Å². The van der Waals surface area contributed by atoms with Crippen LogP contribution in [-0.4, -0.2) is 15.5 Å². The van der Waals surface area contributed by atoms with Gasteiger partial charge in [-0.3, -0.25) is 4.79 Å².